The van der Waals surface area contributed by atoms with Crippen molar-refractivity contribution in [2.45, 2.75) is 0 Å². The zero-order valence-electron chi connectivity index (χ0n) is 4.43. The van der Waals surface area contributed by atoms with Gasteiger partial charge in [-0.25, -0.2) is 4.79 Å². The van der Waals surface area contributed by atoms with Gasteiger partial charge in [-0.2, -0.15) is 0 Å². The van der Waals surface area contributed by atoms with E-state index in [-0.39, 0.29) is 10.7 Å². The van der Waals surface area contributed by atoms with E-state index in [2.05, 4.69) is 5.32 Å². The van der Waals surface area contributed by atoms with Gasteiger partial charge in [0.25, 0.3) is 5.24 Å². The van der Waals surface area contributed by atoms with Gasteiger partial charge in [0.1, 0.15) is 11.6 Å². The maximum absolute atomic E-state index is 10.3. The number of hydrogen-bond acceptors (Lipinski definition) is 3. The number of thioether (sulfide) groups is 1. The molecule has 4 nitrogen and oxygen atoms in total. The molecule has 0 bridgehead atoms. The SMILES string of the molecule is O.O=C=C1CSC(=O)N1. The third kappa shape index (κ3) is 1.89. The Hall–Kier alpha value is -0.770. The highest BCUT2D eigenvalue weighted by Crippen LogP contribution is 2.12. The minimum absolute atomic E-state index is 0. The molecular weight excluding hydrogens is 142 g/mol. The first-order valence-electron chi connectivity index (χ1n) is 2.00. The van der Waals surface area contributed by atoms with E-state index in [4.69, 9.17) is 0 Å². The van der Waals surface area contributed by atoms with Gasteiger partial charge < -0.3 is 10.8 Å². The molecule has 0 aliphatic carbocycles. The van der Waals surface area contributed by atoms with Crippen molar-refractivity contribution in [1.29, 1.82) is 0 Å². The first-order valence-corrected chi connectivity index (χ1v) is 2.99. The highest BCUT2D eigenvalue weighted by molar-refractivity contribution is 8.14. The number of carbonyl (C=O) groups excluding carboxylic acids is 2. The fraction of sp³-hybridized carbons (Fsp3) is 0.250. The van der Waals surface area contributed by atoms with Crippen molar-refractivity contribution in [3.05, 3.63) is 5.70 Å². The molecule has 1 heterocycles. The number of rotatable bonds is 0. The van der Waals surface area contributed by atoms with Gasteiger partial charge in [-0.15, -0.1) is 0 Å². The van der Waals surface area contributed by atoms with Gasteiger partial charge in [-0.3, -0.25) is 4.79 Å². The zero-order chi connectivity index (χ0) is 5.98. The normalized spacial score (nSPS) is 16.0. The molecule has 0 unspecified atom stereocenters. The van der Waals surface area contributed by atoms with Crippen molar-refractivity contribution in [3.63, 3.8) is 0 Å². The number of hydrogen-bond donors (Lipinski definition) is 1. The Labute approximate surface area is 55.6 Å². The molecule has 0 saturated carbocycles. The number of amides is 1. The summed E-state index contributed by atoms with van der Waals surface area (Å²) in [6, 6.07) is 0. The van der Waals surface area contributed by atoms with Gasteiger partial charge in [0, 0.05) is 0 Å². The molecule has 0 spiro atoms. The Bertz CT molecular complexity index is 173. The van der Waals surface area contributed by atoms with Gasteiger partial charge in [0.2, 0.25) is 0 Å². The van der Waals surface area contributed by atoms with Gasteiger partial charge in [0.05, 0.1) is 5.75 Å². The lowest BCUT2D eigenvalue weighted by Gasteiger charge is -1.81. The van der Waals surface area contributed by atoms with Crippen LogP contribution in [0.1, 0.15) is 0 Å². The summed E-state index contributed by atoms with van der Waals surface area (Å²) < 4.78 is 0. The summed E-state index contributed by atoms with van der Waals surface area (Å²) in [4.78, 5) is 20.0. The molecule has 9 heavy (non-hydrogen) atoms. The third-order valence-electron chi connectivity index (χ3n) is 0.724. The van der Waals surface area contributed by atoms with Crippen LogP contribution in [0.15, 0.2) is 5.70 Å². The minimum atomic E-state index is -0.164. The lowest BCUT2D eigenvalue weighted by atomic mass is 10.6. The van der Waals surface area contributed by atoms with Crippen molar-refractivity contribution < 1.29 is 15.1 Å². The Morgan fingerprint density at radius 1 is 1.67 bits per heavy atom. The Morgan fingerprint density at radius 2 is 2.33 bits per heavy atom. The summed E-state index contributed by atoms with van der Waals surface area (Å²) in [5, 5.41) is 2.16. The summed E-state index contributed by atoms with van der Waals surface area (Å²) in [6.07, 6.45) is 0. The molecule has 1 aliphatic heterocycles. The first kappa shape index (κ1) is 8.23. The average Bonchev–Trinajstić information content (AvgIpc) is 2.14. The van der Waals surface area contributed by atoms with Crippen LogP contribution in [-0.2, 0) is 4.79 Å². The van der Waals surface area contributed by atoms with Crippen molar-refractivity contribution in [1.82, 2.24) is 5.32 Å². The molecule has 50 valence electrons. The standard InChI is InChI=1S/C4H3NO2S.H2O/c6-1-3-2-8-4(7)5-3;/h2H2,(H,5,7);1H2. The van der Waals surface area contributed by atoms with Gasteiger partial charge in [-0.05, 0) is 0 Å². The smallest absolute Gasteiger partial charge is 0.284 e. The first-order chi connectivity index (χ1) is 3.83. The van der Waals surface area contributed by atoms with Crippen molar-refractivity contribution >= 4 is 22.9 Å². The molecule has 1 saturated heterocycles. The van der Waals surface area contributed by atoms with Crippen LogP contribution < -0.4 is 5.32 Å². The lowest BCUT2D eigenvalue weighted by Crippen LogP contribution is -2.09. The van der Waals surface area contributed by atoms with E-state index in [9.17, 15) is 9.59 Å². The molecule has 0 aromatic heterocycles. The summed E-state index contributed by atoms with van der Waals surface area (Å²) in [7, 11) is 0. The third-order valence-corrected chi connectivity index (χ3v) is 1.52. The van der Waals surface area contributed by atoms with E-state index in [1.807, 2.05) is 0 Å². The van der Waals surface area contributed by atoms with Crippen LogP contribution in [-0.4, -0.2) is 22.4 Å². The van der Waals surface area contributed by atoms with Gasteiger partial charge in [0.15, 0.2) is 0 Å². The molecule has 1 fully saturated rings. The van der Waals surface area contributed by atoms with E-state index < -0.39 is 0 Å². The van der Waals surface area contributed by atoms with E-state index in [0.29, 0.717) is 11.4 Å². The molecule has 0 aromatic carbocycles. The van der Waals surface area contributed by atoms with Crippen LogP contribution in [0.3, 0.4) is 0 Å². The second-order valence-electron chi connectivity index (χ2n) is 1.28. The van der Waals surface area contributed by atoms with Crippen molar-refractivity contribution in [2.24, 2.45) is 0 Å². The van der Waals surface area contributed by atoms with E-state index in [1.54, 1.807) is 5.94 Å². The number of nitrogens with one attached hydrogen (secondary N) is 1. The van der Waals surface area contributed by atoms with Crippen LogP contribution in [0.25, 0.3) is 0 Å². The Balaban J connectivity index is 0.000000640. The van der Waals surface area contributed by atoms with Gasteiger partial charge in [-0.1, -0.05) is 11.8 Å². The molecule has 0 radical (unpaired) electrons. The van der Waals surface area contributed by atoms with Crippen LogP contribution in [0.4, 0.5) is 4.79 Å². The summed E-state index contributed by atoms with van der Waals surface area (Å²) >= 11 is 1.08. The highest BCUT2D eigenvalue weighted by atomic mass is 32.2. The minimum Gasteiger partial charge on any atom is -0.412 e. The highest BCUT2D eigenvalue weighted by Gasteiger charge is 2.14. The second kappa shape index (κ2) is 3.29. The topological polar surface area (TPSA) is 77.7 Å². The van der Waals surface area contributed by atoms with Crippen molar-refractivity contribution in [3.8, 4) is 0 Å². The average molecular weight is 147 g/mol. The summed E-state index contributed by atoms with van der Waals surface area (Å²) in [5.41, 5.74) is 0.347. The summed E-state index contributed by atoms with van der Waals surface area (Å²) in [5.74, 6) is 2.05. The Kier molecular flexibility index (Phi) is 3.01. The predicted molar refractivity (Wildman–Crippen MR) is 33.8 cm³/mol. The van der Waals surface area contributed by atoms with Crippen LogP contribution >= 0.6 is 11.8 Å². The molecular formula is C4H5NO3S. The molecule has 1 amide bonds. The van der Waals surface area contributed by atoms with E-state index in [0.717, 1.165) is 11.8 Å². The van der Waals surface area contributed by atoms with Gasteiger partial charge >= 0.3 is 0 Å². The molecule has 3 N–H and O–H groups in total. The van der Waals surface area contributed by atoms with Crippen molar-refractivity contribution in [2.75, 3.05) is 5.75 Å². The van der Waals surface area contributed by atoms with Crippen LogP contribution in [0, 0.1) is 0 Å². The monoisotopic (exact) mass is 147 g/mol. The molecule has 0 aromatic rings. The van der Waals surface area contributed by atoms with E-state index >= 15 is 0 Å². The molecule has 0 atom stereocenters. The number of carbonyl (C=O) groups is 1. The fourth-order valence-corrected chi connectivity index (χ4v) is 0.990. The lowest BCUT2D eigenvalue weighted by molar-refractivity contribution is 0.263. The largest absolute Gasteiger partial charge is 0.412 e. The maximum atomic E-state index is 10.3. The van der Waals surface area contributed by atoms with Crippen LogP contribution in [0.2, 0.25) is 0 Å². The Morgan fingerprint density at radius 3 is 2.56 bits per heavy atom. The predicted octanol–water partition coefficient (Wildman–Crippen LogP) is -0.666. The zero-order valence-corrected chi connectivity index (χ0v) is 5.25. The molecule has 1 rings (SSSR count). The molecule has 1 aliphatic rings. The second-order valence-corrected chi connectivity index (χ2v) is 2.23. The quantitative estimate of drug-likeness (QED) is 0.462. The van der Waals surface area contributed by atoms with E-state index in [1.165, 1.54) is 0 Å². The van der Waals surface area contributed by atoms with Crippen LogP contribution in [0.5, 0.6) is 0 Å². The summed E-state index contributed by atoms with van der Waals surface area (Å²) in [6.45, 7) is 0. The maximum Gasteiger partial charge on any atom is 0.284 e. The fourth-order valence-electron chi connectivity index (χ4n) is 0.388. The molecule has 5 heteroatoms.